The molecule has 1 fully saturated rings. The number of urea groups is 1. The molecule has 24 heavy (non-hydrogen) atoms. The summed E-state index contributed by atoms with van der Waals surface area (Å²) in [5.41, 5.74) is 2.72. The van der Waals surface area contributed by atoms with Crippen molar-refractivity contribution in [2.24, 2.45) is 0 Å². The van der Waals surface area contributed by atoms with Crippen LogP contribution >= 0.6 is 11.6 Å². The average molecular weight is 349 g/mol. The van der Waals surface area contributed by atoms with Crippen molar-refractivity contribution < 1.29 is 9.32 Å². The molecule has 128 valence electrons. The first-order chi connectivity index (χ1) is 11.4. The van der Waals surface area contributed by atoms with Crippen molar-refractivity contribution in [1.29, 1.82) is 0 Å². The lowest BCUT2D eigenvalue weighted by Gasteiger charge is -2.30. The number of hydrogen-bond donors (Lipinski definition) is 1. The monoisotopic (exact) mass is 348 g/mol. The summed E-state index contributed by atoms with van der Waals surface area (Å²) in [6.07, 6.45) is 1.63. The van der Waals surface area contributed by atoms with Gasteiger partial charge in [-0.25, -0.2) is 4.79 Å². The molecule has 0 spiro atoms. The first-order valence-electron chi connectivity index (χ1n) is 8.07. The van der Waals surface area contributed by atoms with Crippen LogP contribution in [0.15, 0.2) is 16.7 Å². The second kappa shape index (κ2) is 6.81. The number of hydrogen-bond acceptors (Lipinski definition) is 4. The normalized spacial score (nSPS) is 15.6. The molecule has 3 rings (SSSR count). The van der Waals surface area contributed by atoms with Crippen LogP contribution in [0.4, 0.5) is 10.5 Å². The predicted octanol–water partition coefficient (Wildman–Crippen LogP) is 4.06. The molecule has 1 aliphatic rings. The van der Waals surface area contributed by atoms with Gasteiger partial charge in [-0.05, 0) is 50.8 Å². The van der Waals surface area contributed by atoms with Crippen LogP contribution < -0.4 is 5.32 Å². The lowest BCUT2D eigenvalue weighted by atomic mass is 9.97. The van der Waals surface area contributed by atoms with Gasteiger partial charge in [-0.3, -0.25) is 0 Å². The largest absolute Gasteiger partial charge is 0.339 e. The molecule has 0 unspecified atom stereocenters. The van der Waals surface area contributed by atoms with Crippen LogP contribution in [-0.4, -0.2) is 34.2 Å². The van der Waals surface area contributed by atoms with Crippen molar-refractivity contribution in [2.75, 3.05) is 18.4 Å². The van der Waals surface area contributed by atoms with Gasteiger partial charge in [0.1, 0.15) is 0 Å². The number of rotatable bonds is 2. The van der Waals surface area contributed by atoms with E-state index < -0.39 is 0 Å². The Bertz CT molecular complexity index is 728. The number of aromatic nitrogens is 2. The maximum Gasteiger partial charge on any atom is 0.321 e. The van der Waals surface area contributed by atoms with Gasteiger partial charge in [0.05, 0.1) is 10.7 Å². The van der Waals surface area contributed by atoms with Crippen molar-refractivity contribution in [1.82, 2.24) is 15.0 Å². The van der Waals surface area contributed by atoms with Crippen molar-refractivity contribution in [2.45, 2.75) is 39.5 Å². The first kappa shape index (κ1) is 16.8. The zero-order valence-corrected chi connectivity index (χ0v) is 14.9. The highest BCUT2D eigenvalue weighted by molar-refractivity contribution is 6.34. The van der Waals surface area contributed by atoms with Gasteiger partial charge in [-0.15, -0.1) is 0 Å². The van der Waals surface area contributed by atoms with Crippen LogP contribution in [0.5, 0.6) is 0 Å². The molecule has 1 aromatic heterocycles. The minimum atomic E-state index is -0.121. The fourth-order valence-corrected chi connectivity index (χ4v) is 3.44. The van der Waals surface area contributed by atoms with Gasteiger partial charge < -0.3 is 14.7 Å². The quantitative estimate of drug-likeness (QED) is 0.888. The van der Waals surface area contributed by atoms with Crippen molar-refractivity contribution in [3.8, 4) is 0 Å². The maximum atomic E-state index is 12.5. The Balaban J connectivity index is 1.61. The second-order valence-electron chi connectivity index (χ2n) is 6.31. The maximum absolute atomic E-state index is 12.5. The van der Waals surface area contributed by atoms with Gasteiger partial charge in [0.2, 0.25) is 5.89 Å². The van der Waals surface area contributed by atoms with E-state index in [-0.39, 0.29) is 11.9 Å². The number of aryl methyl sites for hydroxylation is 3. The highest BCUT2D eigenvalue weighted by Crippen LogP contribution is 2.30. The number of carbonyl (C=O) groups excluding carboxylic acids is 1. The molecule has 0 saturated carbocycles. The number of anilines is 1. The number of amides is 2. The van der Waals surface area contributed by atoms with Crippen LogP contribution in [0.2, 0.25) is 5.02 Å². The lowest BCUT2D eigenvalue weighted by Crippen LogP contribution is -2.40. The number of halogens is 1. The van der Waals surface area contributed by atoms with Crippen LogP contribution in [0.1, 0.15) is 41.6 Å². The van der Waals surface area contributed by atoms with E-state index in [1.807, 2.05) is 32.9 Å². The molecule has 0 aliphatic carbocycles. The van der Waals surface area contributed by atoms with Gasteiger partial charge >= 0.3 is 6.03 Å². The lowest BCUT2D eigenvalue weighted by molar-refractivity contribution is 0.187. The smallest absolute Gasteiger partial charge is 0.321 e. The zero-order valence-electron chi connectivity index (χ0n) is 14.1. The standard InChI is InChI=1S/C17H21ClN4O2/c1-10-8-11(2)15(14(18)9-10)20-17(23)22-6-4-13(5-7-22)16-19-12(3)21-24-16/h8-9,13H,4-7H2,1-3H3,(H,20,23). The number of benzene rings is 1. The zero-order chi connectivity index (χ0) is 17.3. The number of likely N-dealkylation sites (tertiary alicyclic amines) is 1. The van der Waals surface area contributed by atoms with Crippen molar-refractivity contribution in [3.05, 3.63) is 40.0 Å². The van der Waals surface area contributed by atoms with E-state index >= 15 is 0 Å². The molecule has 1 saturated heterocycles. The third kappa shape index (κ3) is 3.53. The van der Waals surface area contributed by atoms with Crippen LogP contribution in [-0.2, 0) is 0 Å². The molecule has 7 heteroatoms. The third-order valence-corrected chi connectivity index (χ3v) is 4.64. The first-order valence-corrected chi connectivity index (χ1v) is 8.44. The van der Waals surface area contributed by atoms with Crippen LogP contribution in [0.25, 0.3) is 0 Å². The molecular formula is C17H21ClN4O2. The summed E-state index contributed by atoms with van der Waals surface area (Å²) in [5, 5.41) is 7.34. The third-order valence-electron chi connectivity index (χ3n) is 4.34. The topological polar surface area (TPSA) is 71.3 Å². The summed E-state index contributed by atoms with van der Waals surface area (Å²) in [7, 11) is 0. The van der Waals surface area contributed by atoms with E-state index in [0.717, 1.165) is 24.0 Å². The SMILES string of the molecule is Cc1cc(C)c(NC(=O)N2CCC(c3nc(C)no3)CC2)c(Cl)c1. The molecular weight excluding hydrogens is 328 g/mol. The molecule has 1 aliphatic heterocycles. The highest BCUT2D eigenvalue weighted by atomic mass is 35.5. The molecule has 2 amide bonds. The summed E-state index contributed by atoms with van der Waals surface area (Å²) in [4.78, 5) is 18.6. The predicted molar refractivity (Wildman–Crippen MR) is 92.5 cm³/mol. The van der Waals surface area contributed by atoms with Crippen LogP contribution in [0, 0.1) is 20.8 Å². The molecule has 6 nitrogen and oxygen atoms in total. The number of carbonyl (C=O) groups is 1. The summed E-state index contributed by atoms with van der Waals surface area (Å²) in [5.74, 6) is 1.54. The molecule has 1 aromatic carbocycles. The van der Waals surface area contributed by atoms with Gasteiger partial charge in [0, 0.05) is 19.0 Å². The Hall–Kier alpha value is -2.08. The molecule has 0 atom stereocenters. The summed E-state index contributed by atoms with van der Waals surface area (Å²) >= 11 is 6.26. The van der Waals surface area contributed by atoms with Gasteiger partial charge in [-0.1, -0.05) is 22.8 Å². The van der Waals surface area contributed by atoms with Crippen molar-refractivity contribution >= 4 is 23.3 Å². The molecule has 2 heterocycles. The molecule has 1 N–H and O–H groups in total. The molecule has 0 bridgehead atoms. The van der Waals surface area contributed by atoms with E-state index in [2.05, 4.69) is 15.5 Å². The summed E-state index contributed by atoms with van der Waals surface area (Å²) in [6.45, 7) is 7.04. The molecule has 0 radical (unpaired) electrons. The van der Waals surface area contributed by atoms with Gasteiger partial charge in [0.25, 0.3) is 0 Å². The second-order valence-corrected chi connectivity index (χ2v) is 6.72. The van der Waals surface area contributed by atoms with Gasteiger partial charge in [-0.2, -0.15) is 4.98 Å². The number of piperidine rings is 1. The van der Waals surface area contributed by atoms with E-state index in [1.165, 1.54) is 0 Å². The van der Waals surface area contributed by atoms with E-state index in [0.29, 0.717) is 35.5 Å². The van der Waals surface area contributed by atoms with E-state index in [4.69, 9.17) is 16.1 Å². The Morgan fingerprint density at radius 3 is 2.58 bits per heavy atom. The Labute approximate surface area is 146 Å². The minimum Gasteiger partial charge on any atom is -0.339 e. The van der Waals surface area contributed by atoms with E-state index in [9.17, 15) is 4.79 Å². The number of nitrogens with one attached hydrogen (secondary N) is 1. The number of nitrogens with zero attached hydrogens (tertiary/aromatic N) is 3. The van der Waals surface area contributed by atoms with Gasteiger partial charge in [0.15, 0.2) is 5.82 Å². The highest BCUT2D eigenvalue weighted by Gasteiger charge is 2.27. The average Bonchev–Trinajstić information content (AvgIpc) is 2.97. The Kier molecular flexibility index (Phi) is 4.76. The minimum absolute atomic E-state index is 0.121. The summed E-state index contributed by atoms with van der Waals surface area (Å²) in [6, 6.07) is 3.74. The fourth-order valence-electron chi connectivity index (χ4n) is 3.07. The summed E-state index contributed by atoms with van der Waals surface area (Å²) < 4.78 is 5.24. The van der Waals surface area contributed by atoms with Crippen molar-refractivity contribution in [3.63, 3.8) is 0 Å². The van der Waals surface area contributed by atoms with Crippen LogP contribution in [0.3, 0.4) is 0 Å². The fraction of sp³-hybridized carbons (Fsp3) is 0.471. The van der Waals surface area contributed by atoms with E-state index in [1.54, 1.807) is 4.90 Å². The molecule has 2 aromatic rings. The Morgan fingerprint density at radius 1 is 1.29 bits per heavy atom. The Morgan fingerprint density at radius 2 is 2.00 bits per heavy atom.